The number of benzene rings is 1. The minimum atomic E-state index is -0.547. The molecule has 0 unspecified atom stereocenters. The molecule has 2 atom stereocenters. The van der Waals surface area contributed by atoms with E-state index in [0.29, 0.717) is 17.9 Å². The van der Waals surface area contributed by atoms with Crippen molar-refractivity contribution in [2.24, 2.45) is 11.8 Å². The molecule has 0 aromatic heterocycles. The Bertz CT molecular complexity index is 714. The normalized spacial score (nSPS) is 22.7. The van der Waals surface area contributed by atoms with E-state index in [4.69, 9.17) is 34.8 Å². The highest BCUT2D eigenvalue weighted by atomic mass is 35.5. The van der Waals surface area contributed by atoms with Crippen molar-refractivity contribution in [1.82, 2.24) is 4.90 Å². The van der Waals surface area contributed by atoms with Gasteiger partial charge in [-0.3, -0.25) is 19.3 Å². The number of anilines is 1. The van der Waals surface area contributed by atoms with Crippen molar-refractivity contribution in [2.75, 3.05) is 11.9 Å². The summed E-state index contributed by atoms with van der Waals surface area (Å²) in [5.74, 6) is -1.89. The van der Waals surface area contributed by atoms with Crippen molar-refractivity contribution >= 4 is 58.2 Å². The van der Waals surface area contributed by atoms with Crippen molar-refractivity contribution in [1.29, 1.82) is 0 Å². The predicted molar refractivity (Wildman–Crippen MR) is 92.2 cm³/mol. The van der Waals surface area contributed by atoms with E-state index in [2.05, 4.69) is 5.32 Å². The number of rotatable bonds is 3. The number of fused-ring (bicyclic) bond motifs is 1. The van der Waals surface area contributed by atoms with Gasteiger partial charge in [0.15, 0.2) is 0 Å². The second-order valence-corrected chi connectivity index (χ2v) is 6.96. The Morgan fingerprint density at radius 3 is 2.04 bits per heavy atom. The second-order valence-electron chi connectivity index (χ2n) is 5.71. The molecule has 126 valence electrons. The van der Waals surface area contributed by atoms with Gasteiger partial charge in [0.25, 0.3) is 0 Å². The van der Waals surface area contributed by atoms with E-state index in [1.165, 1.54) is 12.1 Å². The molecule has 1 heterocycles. The van der Waals surface area contributed by atoms with Gasteiger partial charge in [-0.15, -0.1) is 0 Å². The van der Waals surface area contributed by atoms with E-state index in [9.17, 15) is 14.4 Å². The van der Waals surface area contributed by atoms with Crippen LogP contribution in [0, 0.1) is 11.8 Å². The van der Waals surface area contributed by atoms with Gasteiger partial charge in [-0.1, -0.05) is 47.0 Å². The fourth-order valence-corrected chi connectivity index (χ4v) is 3.92. The highest BCUT2D eigenvalue weighted by Gasteiger charge is 2.47. The molecule has 0 saturated carbocycles. The first-order valence-corrected chi connectivity index (χ1v) is 8.46. The summed E-state index contributed by atoms with van der Waals surface area (Å²) in [5.41, 5.74) is 0.200. The third-order valence-corrected chi connectivity index (χ3v) is 4.99. The maximum Gasteiger partial charge on any atom is 0.244 e. The van der Waals surface area contributed by atoms with Gasteiger partial charge in [0.05, 0.1) is 27.6 Å². The van der Waals surface area contributed by atoms with Crippen LogP contribution in [0.25, 0.3) is 0 Å². The number of likely N-dealkylation sites (tertiary alicyclic amines) is 1. The summed E-state index contributed by atoms with van der Waals surface area (Å²) in [6, 6.07) is 2.88. The number of hydrogen-bond donors (Lipinski definition) is 1. The lowest BCUT2D eigenvalue weighted by molar-refractivity contribution is -0.142. The minimum absolute atomic E-state index is 0.179. The van der Waals surface area contributed by atoms with E-state index >= 15 is 0 Å². The van der Waals surface area contributed by atoms with E-state index in [-0.39, 0.29) is 45.9 Å². The molecule has 8 heteroatoms. The van der Waals surface area contributed by atoms with Crippen molar-refractivity contribution < 1.29 is 14.4 Å². The zero-order valence-corrected chi connectivity index (χ0v) is 14.7. The maximum absolute atomic E-state index is 12.3. The van der Waals surface area contributed by atoms with Gasteiger partial charge in [-0.2, -0.15) is 0 Å². The summed E-state index contributed by atoms with van der Waals surface area (Å²) in [6.45, 7) is -0.361. The Balaban J connectivity index is 1.72. The van der Waals surface area contributed by atoms with Crippen LogP contribution in [-0.4, -0.2) is 29.2 Å². The van der Waals surface area contributed by atoms with Crippen molar-refractivity contribution in [3.63, 3.8) is 0 Å². The largest absolute Gasteiger partial charge is 0.322 e. The third kappa shape index (κ3) is 3.16. The highest BCUT2D eigenvalue weighted by molar-refractivity contribution is 6.42. The highest BCUT2D eigenvalue weighted by Crippen LogP contribution is 2.36. The lowest BCUT2D eigenvalue weighted by Crippen LogP contribution is -2.38. The topological polar surface area (TPSA) is 66.5 Å². The number of carbonyl (C=O) groups excluding carboxylic acids is 3. The lowest BCUT2D eigenvalue weighted by Gasteiger charge is -2.15. The number of imide groups is 1. The zero-order chi connectivity index (χ0) is 17.4. The molecular weight excluding hydrogens is 375 g/mol. The van der Waals surface area contributed by atoms with Crippen molar-refractivity contribution in [3.05, 3.63) is 39.4 Å². The Kier molecular flexibility index (Phi) is 4.85. The summed E-state index contributed by atoms with van der Waals surface area (Å²) in [4.78, 5) is 37.9. The molecule has 1 saturated heterocycles. The van der Waals surface area contributed by atoms with Crippen LogP contribution in [0.1, 0.15) is 12.8 Å². The quantitative estimate of drug-likeness (QED) is 0.637. The molecule has 2 aliphatic rings. The van der Waals surface area contributed by atoms with Crippen LogP contribution in [0.5, 0.6) is 0 Å². The molecule has 0 spiro atoms. The fourth-order valence-electron chi connectivity index (χ4n) is 3.01. The van der Waals surface area contributed by atoms with Gasteiger partial charge in [0, 0.05) is 5.02 Å². The second kappa shape index (κ2) is 6.75. The average molecular weight is 388 g/mol. The summed E-state index contributed by atoms with van der Waals surface area (Å²) < 4.78 is 0. The van der Waals surface area contributed by atoms with Gasteiger partial charge in [-0.25, -0.2) is 0 Å². The number of nitrogens with one attached hydrogen (secondary N) is 1. The van der Waals surface area contributed by atoms with E-state index in [1.54, 1.807) is 0 Å². The number of hydrogen-bond acceptors (Lipinski definition) is 3. The lowest BCUT2D eigenvalue weighted by atomic mass is 9.85. The molecular formula is C16H13Cl3N2O3. The molecule has 1 fully saturated rings. The van der Waals surface area contributed by atoms with Crippen LogP contribution in [0.3, 0.4) is 0 Å². The molecule has 1 aliphatic carbocycles. The number of halogens is 3. The first-order chi connectivity index (χ1) is 11.4. The van der Waals surface area contributed by atoms with Crippen LogP contribution in [0.4, 0.5) is 5.69 Å². The smallest absolute Gasteiger partial charge is 0.244 e. The average Bonchev–Trinajstić information content (AvgIpc) is 2.76. The van der Waals surface area contributed by atoms with Gasteiger partial charge in [-0.05, 0) is 25.0 Å². The molecule has 3 rings (SSSR count). The molecule has 1 aliphatic heterocycles. The molecule has 0 radical (unpaired) electrons. The first-order valence-electron chi connectivity index (χ1n) is 7.33. The van der Waals surface area contributed by atoms with Crippen molar-refractivity contribution in [3.8, 4) is 0 Å². The number of carbonyl (C=O) groups is 3. The van der Waals surface area contributed by atoms with Crippen LogP contribution >= 0.6 is 34.8 Å². The van der Waals surface area contributed by atoms with E-state index < -0.39 is 5.91 Å². The summed E-state index contributed by atoms with van der Waals surface area (Å²) >= 11 is 17.8. The Labute approximate surface area is 153 Å². The molecule has 1 aromatic rings. The SMILES string of the molecule is O=C(CN1C(=O)[C@H]2CC=CC[C@H]2C1=O)Nc1c(Cl)cc(Cl)cc1Cl. The molecule has 3 amide bonds. The number of amides is 3. The van der Waals surface area contributed by atoms with Gasteiger partial charge >= 0.3 is 0 Å². The standard InChI is InChI=1S/C16H13Cl3N2O3/c17-8-5-11(18)14(12(19)6-8)20-13(22)7-21-15(23)9-3-1-2-4-10(9)16(21)24/h1-2,5-6,9-10H,3-4,7H2,(H,20,22)/t9-,10+. The van der Waals surface area contributed by atoms with Crippen LogP contribution in [-0.2, 0) is 14.4 Å². The predicted octanol–water partition coefficient (Wildman–Crippen LogP) is 3.54. The van der Waals surface area contributed by atoms with Gasteiger partial charge in [0.2, 0.25) is 17.7 Å². The molecule has 1 N–H and O–H groups in total. The summed E-state index contributed by atoms with van der Waals surface area (Å²) in [7, 11) is 0. The Morgan fingerprint density at radius 1 is 1.04 bits per heavy atom. The third-order valence-electron chi connectivity index (χ3n) is 4.17. The first kappa shape index (κ1) is 17.3. The van der Waals surface area contributed by atoms with Gasteiger partial charge in [0.1, 0.15) is 6.54 Å². The summed E-state index contributed by atoms with van der Waals surface area (Å²) in [5, 5.41) is 3.23. The molecule has 0 bridgehead atoms. The van der Waals surface area contributed by atoms with Gasteiger partial charge < -0.3 is 5.32 Å². The van der Waals surface area contributed by atoms with Crippen LogP contribution < -0.4 is 5.32 Å². The van der Waals surface area contributed by atoms with Crippen LogP contribution in [0.15, 0.2) is 24.3 Å². The van der Waals surface area contributed by atoms with E-state index in [0.717, 1.165) is 4.90 Å². The van der Waals surface area contributed by atoms with Crippen LogP contribution in [0.2, 0.25) is 15.1 Å². The minimum Gasteiger partial charge on any atom is -0.322 e. The number of nitrogens with zero attached hydrogens (tertiary/aromatic N) is 1. The molecule has 24 heavy (non-hydrogen) atoms. The summed E-state index contributed by atoms with van der Waals surface area (Å²) in [6.07, 6.45) is 4.84. The van der Waals surface area contributed by atoms with Crippen molar-refractivity contribution in [2.45, 2.75) is 12.8 Å². The Hall–Kier alpha value is -1.56. The molecule has 1 aromatic carbocycles. The fraction of sp³-hybridized carbons (Fsp3) is 0.312. The Morgan fingerprint density at radius 2 is 1.54 bits per heavy atom. The molecule has 5 nitrogen and oxygen atoms in total. The monoisotopic (exact) mass is 386 g/mol. The zero-order valence-electron chi connectivity index (χ0n) is 12.4. The maximum atomic E-state index is 12.3. The van der Waals surface area contributed by atoms with E-state index in [1.807, 2.05) is 12.2 Å². The number of allylic oxidation sites excluding steroid dienone is 2.